The summed E-state index contributed by atoms with van der Waals surface area (Å²) >= 11 is 0. The first-order valence-electron chi connectivity index (χ1n) is 5.53. The first-order chi connectivity index (χ1) is 9.13. The van der Waals surface area contributed by atoms with E-state index in [2.05, 4.69) is 35.4 Å². The van der Waals surface area contributed by atoms with Gasteiger partial charge in [0.15, 0.2) is 5.03 Å². The topological polar surface area (TPSA) is 126 Å². The van der Waals surface area contributed by atoms with Crippen molar-refractivity contribution in [1.82, 2.24) is 30.7 Å². The fraction of sp³-hybridized carbons (Fsp3) is 0.333. The van der Waals surface area contributed by atoms with Crippen LogP contribution in [0, 0.1) is 0 Å². The fourth-order valence-electron chi connectivity index (χ4n) is 1.38. The molecule has 0 amide bonds. The molecule has 10 heteroatoms. The third-order valence-electron chi connectivity index (χ3n) is 2.22. The maximum absolute atomic E-state index is 12.1. The number of sulfonamides is 1. The molecule has 0 aliphatic carbocycles. The number of aromatic nitrogens is 5. The van der Waals surface area contributed by atoms with Gasteiger partial charge < -0.3 is 5.32 Å². The van der Waals surface area contributed by atoms with Crippen LogP contribution in [0.1, 0.15) is 12.5 Å². The molecule has 0 saturated heterocycles. The molecule has 2 heterocycles. The van der Waals surface area contributed by atoms with E-state index in [1.807, 2.05) is 6.92 Å². The average molecular weight is 283 g/mol. The maximum Gasteiger partial charge on any atom is 0.281 e. The number of hydrogen-bond donors (Lipinski definition) is 3. The molecule has 0 saturated carbocycles. The molecule has 0 unspecified atom stereocenters. The van der Waals surface area contributed by atoms with Crippen molar-refractivity contribution >= 4 is 16.0 Å². The molecule has 3 N–H and O–H groups in total. The molecule has 0 aliphatic rings. The predicted molar refractivity (Wildman–Crippen MR) is 66.6 cm³/mol. The lowest BCUT2D eigenvalue weighted by molar-refractivity contribution is 0.593. The van der Waals surface area contributed by atoms with Crippen LogP contribution >= 0.6 is 0 Å². The van der Waals surface area contributed by atoms with E-state index in [0.29, 0.717) is 12.1 Å². The van der Waals surface area contributed by atoms with E-state index in [1.165, 1.54) is 18.6 Å². The van der Waals surface area contributed by atoms with Gasteiger partial charge in [0, 0.05) is 12.1 Å². The highest BCUT2D eigenvalue weighted by atomic mass is 32.2. The number of H-pyrrole nitrogens is 1. The summed E-state index contributed by atoms with van der Waals surface area (Å²) in [4.78, 5) is 3.75. The van der Waals surface area contributed by atoms with E-state index < -0.39 is 10.0 Å². The van der Waals surface area contributed by atoms with Gasteiger partial charge in [0.05, 0.1) is 18.6 Å². The molecule has 2 rings (SSSR count). The predicted octanol–water partition coefficient (Wildman–Crippen LogP) is -0.495. The Labute approximate surface area is 109 Å². The molecule has 2 aromatic rings. The smallest absolute Gasteiger partial charge is 0.281 e. The minimum absolute atomic E-state index is 0.0131. The molecule has 0 radical (unpaired) electrons. The lowest BCUT2D eigenvalue weighted by Crippen LogP contribution is -2.19. The zero-order valence-electron chi connectivity index (χ0n) is 10.2. The van der Waals surface area contributed by atoms with Gasteiger partial charge in [-0.25, -0.2) is 9.71 Å². The van der Waals surface area contributed by atoms with Crippen molar-refractivity contribution in [2.75, 3.05) is 11.3 Å². The quantitative estimate of drug-likeness (QED) is 0.652. The normalized spacial score (nSPS) is 11.4. The van der Waals surface area contributed by atoms with E-state index in [-0.39, 0.29) is 11.0 Å². The SMILES string of the molecule is CCNCc1cn[nH]c1S(=O)(=O)Nc1nccnn1. The van der Waals surface area contributed by atoms with Gasteiger partial charge in [-0.15, -0.1) is 5.10 Å². The van der Waals surface area contributed by atoms with Crippen molar-refractivity contribution in [1.29, 1.82) is 0 Å². The van der Waals surface area contributed by atoms with E-state index in [1.54, 1.807) is 0 Å². The molecule has 0 bridgehead atoms. The zero-order chi connectivity index (χ0) is 13.7. The first-order valence-corrected chi connectivity index (χ1v) is 7.01. The number of nitrogens with zero attached hydrogens (tertiary/aromatic N) is 4. The molecular formula is C9H13N7O2S. The van der Waals surface area contributed by atoms with Crippen molar-refractivity contribution in [3.63, 3.8) is 0 Å². The standard InChI is InChI=1S/C9H13N7O2S/c1-2-10-5-7-6-13-14-8(7)19(17,18)16-9-11-3-4-12-15-9/h3-4,6,10H,2,5H2,1H3,(H,13,14)(H,11,15,16). The van der Waals surface area contributed by atoms with Crippen molar-refractivity contribution in [2.24, 2.45) is 0 Å². The van der Waals surface area contributed by atoms with Crippen LogP contribution in [-0.2, 0) is 16.6 Å². The van der Waals surface area contributed by atoms with Crippen molar-refractivity contribution < 1.29 is 8.42 Å². The van der Waals surface area contributed by atoms with E-state index in [4.69, 9.17) is 0 Å². The highest BCUT2D eigenvalue weighted by Gasteiger charge is 2.21. The Balaban J connectivity index is 2.22. The first kappa shape index (κ1) is 13.4. The third kappa shape index (κ3) is 3.23. The number of rotatable bonds is 6. The average Bonchev–Trinajstić information content (AvgIpc) is 2.86. The van der Waals surface area contributed by atoms with Gasteiger partial charge >= 0.3 is 0 Å². The highest BCUT2D eigenvalue weighted by molar-refractivity contribution is 7.92. The second-order valence-corrected chi connectivity index (χ2v) is 5.20. The summed E-state index contributed by atoms with van der Waals surface area (Å²) in [6.45, 7) is 3.05. The van der Waals surface area contributed by atoms with Crippen LogP contribution in [0.5, 0.6) is 0 Å². The summed E-state index contributed by atoms with van der Waals surface area (Å²) in [5.41, 5.74) is 0.540. The van der Waals surface area contributed by atoms with Crippen LogP contribution in [0.25, 0.3) is 0 Å². The van der Waals surface area contributed by atoms with E-state index in [9.17, 15) is 8.42 Å². The Hall–Kier alpha value is -2.07. The Morgan fingerprint density at radius 2 is 2.21 bits per heavy atom. The van der Waals surface area contributed by atoms with Crippen LogP contribution in [0.3, 0.4) is 0 Å². The van der Waals surface area contributed by atoms with Gasteiger partial charge in [-0.1, -0.05) is 6.92 Å². The van der Waals surface area contributed by atoms with Gasteiger partial charge in [0.25, 0.3) is 16.0 Å². The molecule has 9 nitrogen and oxygen atoms in total. The monoisotopic (exact) mass is 283 g/mol. The Kier molecular flexibility index (Phi) is 4.02. The lowest BCUT2D eigenvalue weighted by Gasteiger charge is -2.06. The molecule has 0 fully saturated rings. The lowest BCUT2D eigenvalue weighted by atomic mass is 10.3. The molecule has 0 atom stereocenters. The number of nitrogens with one attached hydrogen (secondary N) is 3. The summed E-state index contributed by atoms with van der Waals surface area (Å²) in [6, 6.07) is 0. The van der Waals surface area contributed by atoms with Crippen LogP contribution in [0.4, 0.5) is 5.95 Å². The zero-order valence-corrected chi connectivity index (χ0v) is 11.0. The molecular weight excluding hydrogens is 270 g/mol. The molecule has 0 aliphatic heterocycles. The Bertz CT molecular complexity index is 625. The highest BCUT2D eigenvalue weighted by Crippen LogP contribution is 2.14. The molecule has 0 aromatic carbocycles. The number of hydrogen-bond acceptors (Lipinski definition) is 7. The molecule has 2 aromatic heterocycles. The van der Waals surface area contributed by atoms with Crippen LogP contribution < -0.4 is 10.0 Å². The van der Waals surface area contributed by atoms with Crippen molar-refractivity contribution in [3.05, 3.63) is 24.2 Å². The van der Waals surface area contributed by atoms with E-state index >= 15 is 0 Å². The number of aromatic amines is 1. The maximum atomic E-state index is 12.1. The Morgan fingerprint density at radius 1 is 1.37 bits per heavy atom. The Morgan fingerprint density at radius 3 is 2.89 bits per heavy atom. The van der Waals surface area contributed by atoms with Crippen molar-refractivity contribution in [2.45, 2.75) is 18.5 Å². The van der Waals surface area contributed by atoms with Gasteiger partial charge in [-0.3, -0.25) is 5.10 Å². The molecule has 102 valence electrons. The van der Waals surface area contributed by atoms with Crippen molar-refractivity contribution in [3.8, 4) is 0 Å². The van der Waals surface area contributed by atoms with Crippen LogP contribution in [-0.4, -0.2) is 40.3 Å². The van der Waals surface area contributed by atoms with E-state index in [0.717, 1.165) is 6.54 Å². The summed E-state index contributed by atoms with van der Waals surface area (Å²) in [6.07, 6.45) is 4.16. The van der Waals surface area contributed by atoms with Crippen LogP contribution in [0.15, 0.2) is 23.6 Å². The summed E-state index contributed by atoms with van der Waals surface area (Å²) in [5.74, 6) is -0.0912. The van der Waals surface area contributed by atoms with Gasteiger partial charge in [-0.2, -0.15) is 18.6 Å². The fourth-order valence-corrected chi connectivity index (χ4v) is 2.46. The van der Waals surface area contributed by atoms with Gasteiger partial charge in [-0.05, 0) is 6.54 Å². The molecule has 19 heavy (non-hydrogen) atoms. The minimum atomic E-state index is -3.80. The van der Waals surface area contributed by atoms with Gasteiger partial charge in [0.2, 0.25) is 0 Å². The summed E-state index contributed by atoms with van der Waals surface area (Å²) < 4.78 is 26.5. The van der Waals surface area contributed by atoms with Gasteiger partial charge in [0.1, 0.15) is 0 Å². The summed E-state index contributed by atoms with van der Waals surface area (Å²) in [5, 5.41) is 16.3. The largest absolute Gasteiger partial charge is 0.313 e. The van der Waals surface area contributed by atoms with Crippen LogP contribution in [0.2, 0.25) is 0 Å². The molecule has 0 spiro atoms. The third-order valence-corrected chi connectivity index (χ3v) is 3.56. The summed E-state index contributed by atoms with van der Waals surface area (Å²) in [7, 11) is -3.80. The second kappa shape index (κ2) is 5.71. The second-order valence-electron chi connectivity index (χ2n) is 3.58. The minimum Gasteiger partial charge on any atom is -0.313 e. The number of anilines is 1.